The molecule has 0 amide bonds. The average Bonchev–Trinajstić information content (AvgIpc) is 2.99. The third-order valence-electron chi connectivity index (χ3n) is 4.01. The molecule has 24 heavy (non-hydrogen) atoms. The number of fused-ring (bicyclic) bond motifs is 1. The number of hydrogen-bond donors (Lipinski definition) is 3. The highest BCUT2D eigenvalue weighted by Crippen LogP contribution is 2.29. The van der Waals surface area contributed by atoms with Gasteiger partial charge in [-0.1, -0.05) is 6.07 Å². The van der Waals surface area contributed by atoms with Crippen LogP contribution in [0.2, 0.25) is 0 Å². The zero-order valence-corrected chi connectivity index (χ0v) is 13.0. The number of benzene rings is 1. The van der Waals surface area contributed by atoms with Crippen molar-refractivity contribution in [3.8, 4) is 5.75 Å². The van der Waals surface area contributed by atoms with Gasteiger partial charge >= 0.3 is 0 Å². The fourth-order valence-corrected chi connectivity index (χ4v) is 2.89. The molecule has 4 rings (SSSR count). The largest absolute Gasteiger partial charge is 0.508 e. The molecule has 8 heteroatoms. The quantitative estimate of drug-likeness (QED) is 0.678. The minimum atomic E-state index is -0.0772. The van der Waals surface area contributed by atoms with Gasteiger partial charge in [-0.3, -0.25) is 4.57 Å². The highest BCUT2D eigenvalue weighted by atomic mass is 16.5. The van der Waals surface area contributed by atoms with Gasteiger partial charge in [0.1, 0.15) is 12.0 Å². The van der Waals surface area contributed by atoms with Crippen LogP contribution >= 0.6 is 0 Å². The summed E-state index contributed by atoms with van der Waals surface area (Å²) in [5, 5.41) is 12.7. The smallest absolute Gasteiger partial charge is 0.224 e. The lowest BCUT2D eigenvalue weighted by Crippen LogP contribution is -2.18. The van der Waals surface area contributed by atoms with Crippen LogP contribution in [0.3, 0.4) is 0 Å². The van der Waals surface area contributed by atoms with Crippen molar-refractivity contribution in [2.75, 3.05) is 17.7 Å². The van der Waals surface area contributed by atoms with E-state index in [0.717, 1.165) is 25.9 Å². The summed E-state index contributed by atoms with van der Waals surface area (Å²) < 4.78 is 7.72. The fourth-order valence-electron chi connectivity index (χ4n) is 2.89. The molecule has 3 aromatic rings. The molecule has 1 fully saturated rings. The van der Waals surface area contributed by atoms with Crippen molar-refractivity contribution in [1.82, 2.24) is 19.5 Å². The number of aromatic nitrogens is 4. The molecular weight excluding hydrogens is 308 g/mol. The molecule has 1 atom stereocenters. The molecule has 124 valence electrons. The van der Waals surface area contributed by atoms with Crippen LogP contribution in [-0.4, -0.2) is 31.2 Å². The van der Waals surface area contributed by atoms with E-state index in [9.17, 15) is 5.11 Å². The molecule has 1 unspecified atom stereocenters. The van der Waals surface area contributed by atoms with Gasteiger partial charge in [-0.15, -0.1) is 0 Å². The van der Waals surface area contributed by atoms with E-state index in [1.807, 2.05) is 10.6 Å². The van der Waals surface area contributed by atoms with Crippen molar-refractivity contribution < 1.29 is 9.84 Å². The first-order valence-electron chi connectivity index (χ1n) is 7.88. The minimum absolute atomic E-state index is 0.0772. The molecule has 0 spiro atoms. The van der Waals surface area contributed by atoms with Crippen molar-refractivity contribution in [2.45, 2.75) is 25.5 Å². The Hall–Kier alpha value is -2.87. The van der Waals surface area contributed by atoms with Gasteiger partial charge in [0.25, 0.3) is 0 Å². The van der Waals surface area contributed by atoms with Gasteiger partial charge in [-0.05, 0) is 31.4 Å². The Kier molecular flexibility index (Phi) is 3.66. The van der Waals surface area contributed by atoms with Crippen molar-refractivity contribution in [1.29, 1.82) is 0 Å². The van der Waals surface area contributed by atoms with E-state index in [0.29, 0.717) is 22.7 Å². The predicted molar refractivity (Wildman–Crippen MR) is 90.0 cm³/mol. The Labute approximate surface area is 138 Å². The lowest BCUT2D eigenvalue weighted by molar-refractivity contribution is -0.0298. The Bertz CT molecular complexity index is 872. The summed E-state index contributed by atoms with van der Waals surface area (Å²) in [6.45, 7) is 0.735. The summed E-state index contributed by atoms with van der Waals surface area (Å²) in [4.78, 5) is 13.0. The lowest BCUT2D eigenvalue weighted by Gasteiger charge is -2.23. The number of ether oxygens (including phenoxy) is 1. The van der Waals surface area contributed by atoms with Crippen LogP contribution in [0.25, 0.3) is 11.2 Å². The van der Waals surface area contributed by atoms with Crippen LogP contribution in [0, 0.1) is 0 Å². The molecule has 1 aliphatic rings. The lowest BCUT2D eigenvalue weighted by atomic mass is 10.2. The second-order valence-electron chi connectivity index (χ2n) is 5.75. The molecule has 2 aromatic heterocycles. The zero-order valence-electron chi connectivity index (χ0n) is 13.0. The molecule has 0 bridgehead atoms. The molecular formula is C16H18N6O2. The first-order valence-corrected chi connectivity index (χ1v) is 7.88. The van der Waals surface area contributed by atoms with Crippen LogP contribution in [0.5, 0.6) is 5.75 Å². The maximum absolute atomic E-state index is 9.60. The number of phenols is 1. The topological polar surface area (TPSA) is 111 Å². The van der Waals surface area contributed by atoms with Gasteiger partial charge in [0.2, 0.25) is 5.95 Å². The molecule has 3 heterocycles. The monoisotopic (exact) mass is 326 g/mol. The Morgan fingerprint density at radius 1 is 1.29 bits per heavy atom. The SMILES string of the molecule is Nc1nc(Nc2cccc(O)c2)c2ncn(C3CCCCO3)c2n1. The zero-order chi connectivity index (χ0) is 16.5. The number of imidazole rings is 1. The molecule has 0 aliphatic carbocycles. The van der Waals surface area contributed by atoms with Gasteiger partial charge in [0.05, 0.1) is 6.33 Å². The Morgan fingerprint density at radius 2 is 2.21 bits per heavy atom. The number of rotatable bonds is 3. The van der Waals surface area contributed by atoms with Gasteiger partial charge in [0, 0.05) is 18.4 Å². The van der Waals surface area contributed by atoms with E-state index in [2.05, 4.69) is 20.3 Å². The van der Waals surface area contributed by atoms with E-state index in [4.69, 9.17) is 10.5 Å². The number of aromatic hydroxyl groups is 1. The maximum Gasteiger partial charge on any atom is 0.224 e. The van der Waals surface area contributed by atoms with Gasteiger partial charge in [-0.2, -0.15) is 9.97 Å². The van der Waals surface area contributed by atoms with Gasteiger partial charge in [0.15, 0.2) is 17.0 Å². The van der Waals surface area contributed by atoms with Gasteiger partial charge in [-0.25, -0.2) is 4.98 Å². The average molecular weight is 326 g/mol. The van der Waals surface area contributed by atoms with E-state index in [1.165, 1.54) is 0 Å². The van der Waals surface area contributed by atoms with Crippen LogP contribution in [0.1, 0.15) is 25.5 Å². The number of phenolic OH excluding ortho intramolecular Hbond substituents is 1. The number of anilines is 3. The summed E-state index contributed by atoms with van der Waals surface area (Å²) in [5.41, 5.74) is 7.81. The Balaban J connectivity index is 1.74. The normalized spacial score (nSPS) is 17.9. The van der Waals surface area contributed by atoms with Crippen LogP contribution in [-0.2, 0) is 4.74 Å². The first-order chi connectivity index (χ1) is 11.7. The molecule has 1 aromatic carbocycles. The second kappa shape index (κ2) is 5.97. The number of nitrogen functional groups attached to an aromatic ring is 1. The van der Waals surface area contributed by atoms with Crippen LogP contribution in [0.4, 0.5) is 17.5 Å². The fraction of sp³-hybridized carbons (Fsp3) is 0.312. The van der Waals surface area contributed by atoms with E-state index in [-0.39, 0.29) is 17.9 Å². The van der Waals surface area contributed by atoms with Crippen molar-refractivity contribution in [2.24, 2.45) is 0 Å². The van der Waals surface area contributed by atoms with E-state index < -0.39 is 0 Å². The summed E-state index contributed by atoms with van der Waals surface area (Å²) >= 11 is 0. The molecule has 0 radical (unpaired) electrons. The van der Waals surface area contributed by atoms with E-state index in [1.54, 1.807) is 24.5 Å². The molecule has 8 nitrogen and oxygen atoms in total. The third-order valence-corrected chi connectivity index (χ3v) is 4.01. The number of nitrogens with zero attached hydrogens (tertiary/aromatic N) is 4. The summed E-state index contributed by atoms with van der Waals surface area (Å²) in [6.07, 6.45) is 4.74. The molecule has 0 saturated carbocycles. The van der Waals surface area contributed by atoms with E-state index >= 15 is 0 Å². The third kappa shape index (κ3) is 2.71. The number of nitrogens with two attached hydrogens (primary N) is 1. The molecule has 1 aliphatic heterocycles. The molecule has 1 saturated heterocycles. The summed E-state index contributed by atoms with van der Waals surface area (Å²) in [6, 6.07) is 6.77. The van der Waals surface area contributed by atoms with Crippen LogP contribution < -0.4 is 11.1 Å². The van der Waals surface area contributed by atoms with Crippen molar-refractivity contribution in [3.63, 3.8) is 0 Å². The van der Waals surface area contributed by atoms with Crippen LogP contribution in [0.15, 0.2) is 30.6 Å². The highest BCUT2D eigenvalue weighted by molar-refractivity contribution is 5.86. The van der Waals surface area contributed by atoms with Gasteiger partial charge < -0.3 is 20.9 Å². The summed E-state index contributed by atoms with van der Waals surface area (Å²) in [7, 11) is 0. The second-order valence-corrected chi connectivity index (χ2v) is 5.75. The standard InChI is InChI=1S/C16H18N6O2/c17-16-20-14(19-10-4-3-5-11(23)8-10)13-15(21-16)22(9-18-13)12-6-1-2-7-24-12/h3-5,8-9,12,23H,1-2,6-7H2,(H3,17,19,20,21). The molecule has 4 N–H and O–H groups in total. The Morgan fingerprint density at radius 3 is 3.00 bits per heavy atom. The van der Waals surface area contributed by atoms with Crippen molar-refractivity contribution in [3.05, 3.63) is 30.6 Å². The predicted octanol–water partition coefficient (Wildman–Crippen LogP) is 2.56. The first kappa shape index (κ1) is 14.7. The minimum Gasteiger partial charge on any atom is -0.508 e. The number of hydrogen-bond acceptors (Lipinski definition) is 7. The maximum atomic E-state index is 9.60. The van der Waals surface area contributed by atoms with Crippen molar-refractivity contribution >= 4 is 28.6 Å². The number of nitrogens with one attached hydrogen (secondary N) is 1. The summed E-state index contributed by atoms with van der Waals surface area (Å²) in [5.74, 6) is 0.819. The highest BCUT2D eigenvalue weighted by Gasteiger charge is 2.21.